The quantitative estimate of drug-likeness (QED) is 0.656. The number of nitrogens with zero attached hydrogens (tertiary/aromatic N) is 1. The first-order chi connectivity index (χ1) is 10.5. The zero-order valence-corrected chi connectivity index (χ0v) is 16.7. The Labute approximate surface area is 144 Å². The normalized spacial score (nSPS) is 32.2. The molecule has 1 aliphatic heterocycles. The average molecular weight is 322 g/mol. The van der Waals surface area contributed by atoms with Crippen LogP contribution in [-0.4, -0.2) is 23.9 Å². The molecule has 1 saturated heterocycles. The van der Waals surface area contributed by atoms with E-state index in [1.165, 1.54) is 12.8 Å². The molecule has 0 unspecified atom stereocenters. The predicted octanol–water partition coefficient (Wildman–Crippen LogP) is 5.51. The van der Waals surface area contributed by atoms with E-state index in [-0.39, 0.29) is 5.92 Å². The van der Waals surface area contributed by atoms with E-state index in [1.54, 1.807) is 0 Å². The Hall–Kier alpha value is -0.530. The first-order valence-electron chi connectivity index (χ1n) is 9.77. The van der Waals surface area contributed by atoms with Crippen LogP contribution in [-0.2, 0) is 4.79 Å². The van der Waals surface area contributed by atoms with Gasteiger partial charge in [-0.2, -0.15) is 0 Å². The van der Waals surface area contributed by atoms with Crippen LogP contribution in [0.5, 0.6) is 0 Å². The second kappa shape index (κ2) is 6.41. The minimum absolute atomic E-state index is 0.283. The Morgan fingerprint density at radius 2 is 1.48 bits per heavy atom. The van der Waals surface area contributed by atoms with Gasteiger partial charge in [-0.15, -0.1) is 0 Å². The summed E-state index contributed by atoms with van der Waals surface area (Å²) in [6.45, 7) is 18.5. The molecule has 2 fully saturated rings. The lowest BCUT2D eigenvalue weighted by Crippen LogP contribution is -2.48. The summed E-state index contributed by atoms with van der Waals surface area (Å²) in [5.74, 6) is 1.42. The molecule has 0 radical (unpaired) electrons. The lowest BCUT2D eigenvalue weighted by Gasteiger charge is -2.52. The van der Waals surface area contributed by atoms with Gasteiger partial charge >= 0.3 is 0 Å². The SMILES string of the molecule is CC(C)C1(C(C)(C)C)CCC(C(=O)N2CCC(C)(C)CC2)CC1. The van der Waals surface area contributed by atoms with E-state index in [4.69, 9.17) is 0 Å². The van der Waals surface area contributed by atoms with E-state index in [1.807, 2.05) is 0 Å². The topological polar surface area (TPSA) is 20.3 Å². The fraction of sp³-hybridized carbons (Fsp3) is 0.952. The largest absolute Gasteiger partial charge is 0.342 e. The molecule has 0 bridgehead atoms. The number of carbonyl (C=O) groups excluding carboxylic acids is 1. The maximum atomic E-state index is 12.9. The van der Waals surface area contributed by atoms with Gasteiger partial charge in [0.25, 0.3) is 0 Å². The maximum absolute atomic E-state index is 12.9. The van der Waals surface area contributed by atoms with Crippen LogP contribution in [0.4, 0.5) is 0 Å². The first-order valence-corrected chi connectivity index (χ1v) is 9.77. The standard InChI is InChI=1S/C21H39NO/c1-16(2)21(19(3,4)5)10-8-17(9-11-21)18(23)22-14-12-20(6,7)13-15-22/h16-17H,8-15H2,1-7H3. The minimum Gasteiger partial charge on any atom is -0.342 e. The molecule has 0 atom stereocenters. The number of likely N-dealkylation sites (tertiary alicyclic amines) is 1. The molecule has 1 amide bonds. The van der Waals surface area contributed by atoms with Crippen LogP contribution in [0, 0.1) is 28.1 Å². The third kappa shape index (κ3) is 3.77. The molecular formula is C21H39NO. The number of amides is 1. The highest BCUT2D eigenvalue weighted by atomic mass is 16.2. The fourth-order valence-electron chi connectivity index (χ4n) is 5.16. The van der Waals surface area contributed by atoms with Gasteiger partial charge in [-0.25, -0.2) is 0 Å². The summed E-state index contributed by atoms with van der Waals surface area (Å²) in [6, 6.07) is 0. The molecule has 2 heteroatoms. The summed E-state index contributed by atoms with van der Waals surface area (Å²) in [6.07, 6.45) is 6.92. The second-order valence-corrected chi connectivity index (χ2v) is 10.3. The lowest BCUT2D eigenvalue weighted by atomic mass is 9.53. The summed E-state index contributed by atoms with van der Waals surface area (Å²) in [5.41, 5.74) is 1.14. The average Bonchev–Trinajstić information content (AvgIpc) is 2.45. The first kappa shape index (κ1) is 18.8. The zero-order valence-electron chi connectivity index (χ0n) is 16.7. The molecule has 1 heterocycles. The van der Waals surface area contributed by atoms with Crippen molar-refractivity contribution in [3.8, 4) is 0 Å². The molecule has 0 aromatic rings. The molecular weight excluding hydrogens is 282 g/mol. The van der Waals surface area contributed by atoms with E-state index >= 15 is 0 Å². The summed E-state index contributed by atoms with van der Waals surface area (Å²) in [7, 11) is 0. The van der Waals surface area contributed by atoms with Gasteiger partial charge in [0.2, 0.25) is 5.91 Å². The fourth-order valence-corrected chi connectivity index (χ4v) is 5.16. The molecule has 0 aromatic carbocycles. The van der Waals surface area contributed by atoms with Crippen LogP contribution in [0.2, 0.25) is 0 Å². The third-order valence-electron chi connectivity index (χ3n) is 7.25. The van der Waals surface area contributed by atoms with Crippen LogP contribution in [0.1, 0.15) is 87.0 Å². The second-order valence-electron chi connectivity index (χ2n) is 10.3. The molecule has 1 aliphatic carbocycles. The van der Waals surface area contributed by atoms with Crippen LogP contribution in [0.25, 0.3) is 0 Å². The maximum Gasteiger partial charge on any atom is 0.225 e. The molecule has 23 heavy (non-hydrogen) atoms. The number of piperidine rings is 1. The van der Waals surface area contributed by atoms with E-state index in [0.717, 1.165) is 38.8 Å². The van der Waals surface area contributed by atoms with Crippen LogP contribution in [0.3, 0.4) is 0 Å². The Kier molecular flexibility index (Phi) is 5.24. The van der Waals surface area contributed by atoms with Crippen molar-refractivity contribution in [3.63, 3.8) is 0 Å². The Bertz CT molecular complexity index is 412. The molecule has 2 aliphatic rings. The summed E-state index contributed by atoms with van der Waals surface area (Å²) >= 11 is 0. The van der Waals surface area contributed by atoms with Crippen molar-refractivity contribution in [2.24, 2.45) is 28.1 Å². The van der Waals surface area contributed by atoms with Gasteiger partial charge in [0.05, 0.1) is 0 Å². The minimum atomic E-state index is 0.283. The zero-order chi connectivity index (χ0) is 17.5. The molecule has 0 N–H and O–H groups in total. The Balaban J connectivity index is 1.97. The smallest absolute Gasteiger partial charge is 0.225 e. The molecule has 2 nitrogen and oxygen atoms in total. The van der Waals surface area contributed by atoms with Crippen molar-refractivity contribution in [1.29, 1.82) is 0 Å². The van der Waals surface area contributed by atoms with E-state index < -0.39 is 0 Å². The van der Waals surface area contributed by atoms with Crippen LogP contribution < -0.4 is 0 Å². The lowest BCUT2D eigenvalue weighted by molar-refractivity contribution is -0.141. The van der Waals surface area contributed by atoms with Gasteiger partial charge in [0, 0.05) is 19.0 Å². The van der Waals surface area contributed by atoms with Gasteiger partial charge in [-0.3, -0.25) is 4.79 Å². The van der Waals surface area contributed by atoms with Crippen molar-refractivity contribution in [2.75, 3.05) is 13.1 Å². The van der Waals surface area contributed by atoms with Gasteiger partial charge < -0.3 is 4.90 Å². The number of hydrogen-bond acceptors (Lipinski definition) is 1. The van der Waals surface area contributed by atoms with Gasteiger partial charge in [0.15, 0.2) is 0 Å². The summed E-state index contributed by atoms with van der Waals surface area (Å²) in [5, 5.41) is 0. The van der Waals surface area contributed by atoms with E-state index in [2.05, 4.69) is 53.4 Å². The molecule has 1 saturated carbocycles. The Morgan fingerprint density at radius 3 is 1.87 bits per heavy atom. The van der Waals surface area contributed by atoms with Crippen LogP contribution >= 0.6 is 0 Å². The number of carbonyl (C=O) groups is 1. The van der Waals surface area contributed by atoms with Crippen molar-refractivity contribution >= 4 is 5.91 Å². The van der Waals surface area contributed by atoms with E-state index in [9.17, 15) is 4.79 Å². The van der Waals surface area contributed by atoms with E-state index in [0.29, 0.717) is 28.1 Å². The number of rotatable bonds is 2. The van der Waals surface area contributed by atoms with Gasteiger partial charge in [0.1, 0.15) is 0 Å². The van der Waals surface area contributed by atoms with Crippen molar-refractivity contribution in [2.45, 2.75) is 87.0 Å². The van der Waals surface area contributed by atoms with Crippen molar-refractivity contribution in [1.82, 2.24) is 4.90 Å². The van der Waals surface area contributed by atoms with Crippen LogP contribution in [0.15, 0.2) is 0 Å². The summed E-state index contributed by atoms with van der Waals surface area (Å²) in [4.78, 5) is 15.1. The predicted molar refractivity (Wildman–Crippen MR) is 98.3 cm³/mol. The monoisotopic (exact) mass is 321 g/mol. The third-order valence-corrected chi connectivity index (χ3v) is 7.25. The molecule has 134 valence electrons. The number of hydrogen-bond donors (Lipinski definition) is 0. The molecule has 0 spiro atoms. The molecule has 0 aromatic heterocycles. The van der Waals surface area contributed by atoms with Gasteiger partial charge in [-0.1, -0.05) is 48.5 Å². The van der Waals surface area contributed by atoms with Crippen molar-refractivity contribution < 1.29 is 4.79 Å². The van der Waals surface area contributed by atoms with Crippen molar-refractivity contribution in [3.05, 3.63) is 0 Å². The Morgan fingerprint density at radius 1 is 1.00 bits per heavy atom. The molecule has 2 rings (SSSR count). The summed E-state index contributed by atoms with van der Waals surface area (Å²) < 4.78 is 0. The highest BCUT2D eigenvalue weighted by Gasteiger charge is 2.47. The highest BCUT2D eigenvalue weighted by molar-refractivity contribution is 5.79. The van der Waals surface area contributed by atoms with Gasteiger partial charge in [-0.05, 0) is 60.7 Å². The highest BCUT2D eigenvalue weighted by Crippen LogP contribution is 2.55.